The molecule has 5 heteroatoms. The summed E-state index contributed by atoms with van der Waals surface area (Å²) in [6.45, 7) is 0.789. The molecule has 1 N–H and O–H groups in total. The first-order chi connectivity index (χ1) is 8.25. The number of aromatic nitrogens is 2. The van der Waals surface area contributed by atoms with Crippen molar-refractivity contribution in [2.75, 3.05) is 0 Å². The summed E-state index contributed by atoms with van der Waals surface area (Å²) >= 11 is 13.2. The van der Waals surface area contributed by atoms with E-state index in [1.54, 1.807) is 11.3 Å². The van der Waals surface area contributed by atoms with Gasteiger partial charge in [0, 0.05) is 4.88 Å². The minimum absolute atomic E-state index is 0.707. The molecule has 3 aromatic rings. The molecule has 0 bridgehead atoms. The predicted octanol–water partition coefficient (Wildman–Crippen LogP) is 4.46. The van der Waals surface area contributed by atoms with E-state index in [-0.39, 0.29) is 0 Å². The van der Waals surface area contributed by atoms with Gasteiger partial charge in [0.05, 0.1) is 22.6 Å². The molecule has 86 valence electrons. The molecule has 2 aromatic heterocycles. The number of para-hydroxylation sites is 1. The molecule has 0 spiro atoms. The van der Waals surface area contributed by atoms with Gasteiger partial charge in [-0.1, -0.05) is 23.7 Å². The number of thiophene rings is 1. The lowest BCUT2D eigenvalue weighted by Gasteiger charge is -2.02. The molecular formula is C12H9ClN2S2. The molecular weight excluding hydrogens is 272 g/mol. The van der Waals surface area contributed by atoms with Crippen LogP contribution in [-0.4, -0.2) is 9.55 Å². The van der Waals surface area contributed by atoms with E-state index in [1.807, 2.05) is 24.3 Å². The summed E-state index contributed by atoms with van der Waals surface area (Å²) in [5.41, 5.74) is 1.96. The molecule has 0 aliphatic heterocycles. The normalized spacial score (nSPS) is 11.1. The van der Waals surface area contributed by atoms with Crippen molar-refractivity contribution in [1.82, 2.24) is 9.55 Å². The van der Waals surface area contributed by atoms with Gasteiger partial charge in [-0.3, -0.25) is 0 Å². The van der Waals surface area contributed by atoms with Crippen LogP contribution in [0.15, 0.2) is 35.7 Å². The Balaban J connectivity index is 2.19. The summed E-state index contributed by atoms with van der Waals surface area (Å²) < 4.78 is 2.78. The molecule has 0 radical (unpaired) electrons. The molecule has 0 saturated heterocycles. The van der Waals surface area contributed by atoms with Crippen molar-refractivity contribution in [2.24, 2.45) is 0 Å². The van der Waals surface area contributed by atoms with Crippen LogP contribution in [0.4, 0.5) is 0 Å². The lowest BCUT2D eigenvalue weighted by molar-refractivity contribution is 0.823. The standard InChI is InChI=1S/C12H9ClN2S2/c13-9-4-1-5-10-11(9)14-12(16)15(10)7-8-3-2-6-17-8/h1-6H,7H2,(H,14,16). The van der Waals surface area contributed by atoms with Crippen LogP contribution in [0.5, 0.6) is 0 Å². The van der Waals surface area contributed by atoms with Gasteiger partial charge in [0.2, 0.25) is 0 Å². The van der Waals surface area contributed by atoms with Crippen molar-refractivity contribution in [1.29, 1.82) is 0 Å². The Morgan fingerprint density at radius 2 is 2.18 bits per heavy atom. The SMILES string of the molecule is S=c1[nH]c2c(Cl)cccc2n1Cc1cccs1. The van der Waals surface area contributed by atoms with Crippen LogP contribution in [-0.2, 0) is 6.54 Å². The van der Waals surface area contributed by atoms with Gasteiger partial charge in [0.25, 0.3) is 0 Å². The number of H-pyrrole nitrogens is 1. The highest BCUT2D eigenvalue weighted by Crippen LogP contribution is 2.24. The predicted molar refractivity (Wildman–Crippen MR) is 75.6 cm³/mol. The van der Waals surface area contributed by atoms with Crippen molar-refractivity contribution < 1.29 is 0 Å². The third-order valence-corrected chi connectivity index (χ3v) is 4.15. The van der Waals surface area contributed by atoms with E-state index >= 15 is 0 Å². The van der Waals surface area contributed by atoms with Crippen molar-refractivity contribution in [3.05, 3.63) is 50.4 Å². The Bertz CT molecular complexity index is 710. The Labute approximate surface area is 112 Å². The van der Waals surface area contributed by atoms with Gasteiger partial charge in [-0.15, -0.1) is 11.3 Å². The van der Waals surface area contributed by atoms with Crippen molar-refractivity contribution in [2.45, 2.75) is 6.54 Å². The van der Waals surface area contributed by atoms with E-state index < -0.39 is 0 Å². The molecule has 2 nitrogen and oxygen atoms in total. The number of hydrogen-bond acceptors (Lipinski definition) is 2. The first-order valence-corrected chi connectivity index (χ1v) is 6.82. The summed E-state index contributed by atoms with van der Waals surface area (Å²) in [7, 11) is 0. The number of rotatable bonds is 2. The van der Waals surface area contributed by atoms with Gasteiger partial charge >= 0.3 is 0 Å². The summed E-state index contributed by atoms with van der Waals surface area (Å²) in [5, 5.41) is 2.78. The van der Waals surface area contributed by atoms with Crippen LogP contribution in [0, 0.1) is 4.77 Å². The number of nitrogens with one attached hydrogen (secondary N) is 1. The summed E-state index contributed by atoms with van der Waals surface area (Å²) in [6.07, 6.45) is 0. The van der Waals surface area contributed by atoms with Gasteiger partial charge in [-0.25, -0.2) is 0 Å². The molecule has 0 fully saturated rings. The molecule has 0 unspecified atom stereocenters. The van der Waals surface area contributed by atoms with Gasteiger partial charge in [0.15, 0.2) is 4.77 Å². The lowest BCUT2D eigenvalue weighted by Crippen LogP contribution is -1.97. The molecule has 0 aliphatic rings. The average molecular weight is 281 g/mol. The zero-order valence-corrected chi connectivity index (χ0v) is 11.2. The largest absolute Gasteiger partial charge is 0.329 e. The van der Waals surface area contributed by atoms with E-state index in [0.717, 1.165) is 17.6 Å². The van der Waals surface area contributed by atoms with Crippen LogP contribution in [0.3, 0.4) is 0 Å². The van der Waals surface area contributed by atoms with E-state index in [9.17, 15) is 0 Å². The molecule has 1 aromatic carbocycles. The third-order valence-electron chi connectivity index (χ3n) is 2.65. The minimum atomic E-state index is 0.707. The number of fused-ring (bicyclic) bond motifs is 1. The molecule has 17 heavy (non-hydrogen) atoms. The number of hydrogen-bond donors (Lipinski definition) is 1. The molecule has 2 heterocycles. The number of imidazole rings is 1. The molecule has 0 atom stereocenters. The highest BCUT2D eigenvalue weighted by atomic mass is 35.5. The molecule has 0 amide bonds. The number of aromatic amines is 1. The van der Waals surface area contributed by atoms with Crippen LogP contribution in [0.2, 0.25) is 5.02 Å². The Morgan fingerprint density at radius 3 is 2.94 bits per heavy atom. The quantitative estimate of drug-likeness (QED) is 0.687. The van der Waals surface area contributed by atoms with E-state index in [2.05, 4.69) is 21.0 Å². The Morgan fingerprint density at radius 1 is 1.29 bits per heavy atom. The topological polar surface area (TPSA) is 20.7 Å². The molecule has 3 rings (SSSR count). The maximum absolute atomic E-state index is 6.14. The fourth-order valence-corrected chi connectivity index (χ4v) is 3.04. The van der Waals surface area contributed by atoms with Crippen molar-refractivity contribution >= 4 is 46.2 Å². The number of halogens is 1. The Hall–Kier alpha value is -1.10. The van der Waals surface area contributed by atoms with E-state index in [4.69, 9.17) is 23.8 Å². The second kappa shape index (κ2) is 4.29. The summed E-state index contributed by atoms with van der Waals surface area (Å²) in [4.78, 5) is 4.44. The fraction of sp³-hybridized carbons (Fsp3) is 0.0833. The third kappa shape index (κ3) is 1.92. The zero-order chi connectivity index (χ0) is 11.8. The summed E-state index contributed by atoms with van der Waals surface area (Å²) in [5.74, 6) is 0. The van der Waals surface area contributed by atoms with Crippen molar-refractivity contribution in [3.63, 3.8) is 0 Å². The summed E-state index contributed by atoms with van der Waals surface area (Å²) in [6, 6.07) is 9.99. The van der Waals surface area contributed by atoms with Crippen LogP contribution in [0.25, 0.3) is 11.0 Å². The van der Waals surface area contributed by atoms with Gasteiger partial charge in [-0.2, -0.15) is 0 Å². The first-order valence-electron chi connectivity index (χ1n) is 5.15. The lowest BCUT2D eigenvalue weighted by atomic mass is 10.3. The highest BCUT2D eigenvalue weighted by Gasteiger charge is 2.07. The zero-order valence-electron chi connectivity index (χ0n) is 8.81. The van der Waals surface area contributed by atoms with E-state index in [0.29, 0.717) is 9.79 Å². The first kappa shape index (κ1) is 11.0. The highest BCUT2D eigenvalue weighted by molar-refractivity contribution is 7.71. The second-order valence-electron chi connectivity index (χ2n) is 3.73. The van der Waals surface area contributed by atoms with Gasteiger partial charge in [-0.05, 0) is 35.8 Å². The molecule has 0 saturated carbocycles. The minimum Gasteiger partial charge on any atom is -0.329 e. The van der Waals surface area contributed by atoms with Crippen molar-refractivity contribution in [3.8, 4) is 0 Å². The molecule has 0 aliphatic carbocycles. The van der Waals surface area contributed by atoms with Crippen LogP contribution < -0.4 is 0 Å². The monoisotopic (exact) mass is 280 g/mol. The Kier molecular flexibility index (Phi) is 2.78. The maximum atomic E-state index is 6.14. The average Bonchev–Trinajstić information content (AvgIpc) is 2.91. The smallest absolute Gasteiger partial charge is 0.178 e. The fourth-order valence-electron chi connectivity index (χ4n) is 1.86. The van der Waals surface area contributed by atoms with Gasteiger partial charge in [0.1, 0.15) is 0 Å². The van der Waals surface area contributed by atoms with Crippen LogP contribution >= 0.6 is 35.2 Å². The number of benzene rings is 1. The van der Waals surface area contributed by atoms with Crippen LogP contribution in [0.1, 0.15) is 4.88 Å². The maximum Gasteiger partial charge on any atom is 0.178 e. The second-order valence-corrected chi connectivity index (χ2v) is 5.56. The number of nitrogens with zero attached hydrogens (tertiary/aromatic N) is 1. The van der Waals surface area contributed by atoms with Gasteiger partial charge < -0.3 is 9.55 Å². The van der Waals surface area contributed by atoms with E-state index in [1.165, 1.54) is 4.88 Å².